The molecule has 0 fully saturated rings. The second-order valence-corrected chi connectivity index (χ2v) is 3.49. The predicted octanol–water partition coefficient (Wildman–Crippen LogP) is 1.21. The molecule has 1 heterocycles. The van der Waals surface area contributed by atoms with Gasteiger partial charge in [0.25, 0.3) is 0 Å². The number of benzene rings is 1. The Morgan fingerprint density at radius 3 is 2.94 bits per heavy atom. The van der Waals surface area contributed by atoms with E-state index in [1.807, 2.05) is 12.1 Å². The van der Waals surface area contributed by atoms with Crippen LogP contribution in [0.25, 0.3) is 11.0 Å². The van der Waals surface area contributed by atoms with E-state index in [1.54, 1.807) is 24.8 Å². The number of aryl methyl sites for hydroxylation is 1. The summed E-state index contributed by atoms with van der Waals surface area (Å²) < 4.78 is 6.95. The average Bonchev–Trinajstić information content (AvgIpc) is 2.55. The Balaban J connectivity index is 2.62. The van der Waals surface area contributed by atoms with E-state index in [-0.39, 0.29) is 6.42 Å². The lowest BCUT2D eigenvalue weighted by atomic mass is 10.3. The van der Waals surface area contributed by atoms with Gasteiger partial charge in [-0.25, -0.2) is 4.98 Å². The van der Waals surface area contributed by atoms with Gasteiger partial charge in [-0.15, -0.1) is 0 Å². The highest BCUT2D eigenvalue weighted by molar-refractivity contribution is 5.83. The fourth-order valence-corrected chi connectivity index (χ4v) is 1.69. The standard InChI is InChI=1S/C11H12N2O3/c1-13-7-4-3-5-8(16-2)11(7)12-9(13)6-10(14)15/h3-5H,6H2,1-2H3,(H,14,15). The molecule has 0 saturated carbocycles. The van der Waals surface area contributed by atoms with Crippen LogP contribution in [0.5, 0.6) is 5.75 Å². The maximum absolute atomic E-state index is 10.7. The van der Waals surface area contributed by atoms with Crippen LogP contribution in [0.3, 0.4) is 0 Å². The second kappa shape index (κ2) is 3.84. The topological polar surface area (TPSA) is 64.3 Å². The van der Waals surface area contributed by atoms with Gasteiger partial charge in [0, 0.05) is 7.05 Å². The third kappa shape index (κ3) is 1.60. The van der Waals surface area contributed by atoms with Crippen molar-refractivity contribution < 1.29 is 14.6 Å². The van der Waals surface area contributed by atoms with Crippen LogP contribution in [0.15, 0.2) is 18.2 Å². The highest BCUT2D eigenvalue weighted by Crippen LogP contribution is 2.24. The predicted molar refractivity (Wildman–Crippen MR) is 58.6 cm³/mol. The molecule has 2 aromatic rings. The Morgan fingerprint density at radius 1 is 1.56 bits per heavy atom. The molecule has 1 aromatic heterocycles. The number of para-hydroxylation sites is 1. The molecule has 1 aromatic carbocycles. The van der Waals surface area contributed by atoms with Crippen molar-refractivity contribution in [3.8, 4) is 5.75 Å². The second-order valence-electron chi connectivity index (χ2n) is 3.49. The van der Waals surface area contributed by atoms with Crippen LogP contribution in [0.4, 0.5) is 0 Å². The van der Waals surface area contributed by atoms with Gasteiger partial charge in [-0.2, -0.15) is 0 Å². The summed E-state index contributed by atoms with van der Waals surface area (Å²) in [5, 5.41) is 8.76. The number of hydrogen-bond acceptors (Lipinski definition) is 3. The number of ether oxygens (including phenoxy) is 1. The fraction of sp³-hybridized carbons (Fsp3) is 0.273. The highest BCUT2D eigenvalue weighted by atomic mass is 16.5. The van der Waals surface area contributed by atoms with Crippen LogP contribution in [0, 0.1) is 0 Å². The summed E-state index contributed by atoms with van der Waals surface area (Å²) in [7, 11) is 3.37. The number of carboxylic acid groups (broad SMARTS) is 1. The molecule has 0 saturated heterocycles. The van der Waals surface area contributed by atoms with Crippen molar-refractivity contribution in [2.75, 3.05) is 7.11 Å². The monoisotopic (exact) mass is 220 g/mol. The van der Waals surface area contributed by atoms with E-state index in [1.165, 1.54) is 0 Å². The summed E-state index contributed by atoms with van der Waals surface area (Å²) in [6.45, 7) is 0. The molecule has 5 nitrogen and oxygen atoms in total. The van der Waals surface area contributed by atoms with Crippen LogP contribution in [-0.2, 0) is 18.3 Å². The maximum Gasteiger partial charge on any atom is 0.311 e. The third-order valence-electron chi connectivity index (χ3n) is 2.50. The average molecular weight is 220 g/mol. The molecular weight excluding hydrogens is 208 g/mol. The summed E-state index contributed by atoms with van der Waals surface area (Å²) >= 11 is 0. The zero-order valence-corrected chi connectivity index (χ0v) is 9.10. The number of fused-ring (bicyclic) bond motifs is 1. The minimum absolute atomic E-state index is 0.0890. The molecular formula is C11H12N2O3. The number of aromatic nitrogens is 2. The van der Waals surface area contributed by atoms with E-state index < -0.39 is 5.97 Å². The molecule has 0 aliphatic carbocycles. The smallest absolute Gasteiger partial charge is 0.311 e. The lowest BCUT2D eigenvalue weighted by molar-refractivity contribution is -0.136. The lowest BCUT2D eigenvalue weighted by Crippen LogP contribution is -2.06. The summed E-state index contributed by atoms with van der Waals surface area (Å²) in [6.07, 6.45) is -0.0890. The summed E-state index contributed by atoms with van der Waals surface area (Å²) in [6, 6.07) is 5.55. The molecule has 0 amide bonds. The fourth-order valence-electron chi connectivity index (χ4n) is 1.69. The van der Waals surface area contributed by atoms with E-state index in [0.29, 0.717) is 17.1 Å². The molecule has 1 N–H and O–H groups in total. The van der Waals surface area contributed by atoms with Crippen molar-refractivity contribution in [2.24, 2.45) is 7.05 Å². The van der Waals surface area contributed by atoms with Gasteiger partial charge >= 0.3 is 5.97 Å². The van der Waals surface area contributed by atoms with Gasteiger partial charge in [0.1, 0.15) is 23.5 Å². The normalized spacial score (nSPS) is 10.6. The van der Waals surface area contributed by atoms with Gasteiger partial charge in [0.05, 0.1) is 12.6 Å². The lowest BCUT2D eigenvalue weighted by Gasteiger charge is -2.00. The van der Waals surface area contributed by atoms with Gasteiger partial charge in [0.15, 0.2) is 0 Å². The number of nitrogens with zero attached hydrogens (tertiary/aromatic N) is 2. The maximum atomic E-state index is 10.7. The number of carbonyl (C=O) groups is 1. The van der Waals surface area contributed by atoms with Crippen LogP contribution >= 0.6 is 0 Å². The summed E-state index contributed by atoms with van der Waals surface area (Å²) in [5.74, 6) is 0.286. The largest absolute Gasteiger partial charge is 0.494 e. The van der Waals surface area contributed by atoms with E-state index in [2.05, 4.69) is 4.98 Å². The molecule has 0 spiro atoms. The molecule has 5 heteroatoms. The first kappa shape index (κ1) is 10.5. The van der Waals surface area contributed by atoms with E-state index >= 15 is 0 Å². The van der Waals surface area contributed by atoms with Crippen LogP contribution in [0.1, 0.15) is 5.82 Å². The Labute approximate surface area is 92.3 Å². The molecule has 0 unspecified atom stereocenters. The Morgan fingerprint density at radius 2 is 2.31 bits per heavy atom. The third-order valence-corrected chi connectivity index (χ3v) is 2.50. The number of imidazole rings is 1. The number of carboxylic acids is 1. The Kier molecular flexibility index (Phi) is 2.52. The molecule has 0 aliphatic heterocycles. The molecule has 0 aliphatic rings. The zero-order chi connectivity index (χ0) is 11.7. The van der Waals surface area contributed by atoms with E-state index in [4.69, 9.17) is 9.84 Å². The first-order valence-electron chi connectivity index (χ1n) is 4.83. The van der Waals surface area contributed by atoms with Crippen molar-refractivity contribution in [3.05, 3.63) is 24.0 Å². The minimum Gasteiger partial charge on any atom is -0.494 e. The van der Waals surface area contributed by atoms with Gasteiger partial charge < -0.3 is 14.4 Å². The van der Waals surface area contributed by atoms with Crippen molar-refractivity contribution in [1.82, 2.24) is 9.55 Å². The molecule has 0 bridgehead atoms. The van der Waals surface area contributed by atoms with Crippen LogP contribution < -0.4 is 4.74 Å². The van der Waals surface area contributed by atoms with Crippen molar-refractivity contribution >= 4 is 17.0 Å². The van der Waals surface area contributed by atoms with Crippen LogP contribution in [-0.4, -0.2) is 27.7 Å². The van der Waals surface area contributed by atoms with Gasteiger partial charge in [-0.1, -0.05) is 6.07 Å². The minimum atomic E-state index is -0.891. The number of hydrogen-bond donors (Lipinski definition) is 1. The quantitative estimate of drug-likeness (QED) is 0.844. The summed E-state index contributed by atoms with van der Waals surface area (Å²) in [4.78, 5) is 14.9. The van der Waals surface area contributed by atoms with Crippen LogP contribution in [0.2, 0.25) is 0 Å². The van der Waals surface area contributed by atoms with Gasteiger partial charge in [-0.05, 0) is 12.1 Å². The SMILES string of the molecule is COc1cccc2c1nc(CC(=O)O)n2C. The summed E-state index contributed by atoms with van der Waals surface area (Å²) in [5.41, 5.74) is 1.57. The molecule has 2 rings (SSSR count). The zero-order valence-electron chi connectivity index (χ0n) is 9.10. The highest BCUT2D eigenvalue weighted by Gasteiger charge is 2.13. The van der Waals surface area contributed by atoms with Gasteiger partial charge in [0.2, 0.25) is 0 Å². The number of methoxy groups -OCH3 is 1. The number of rotatable bonds is 3. The number of aliphatic carboxylic acids is 1. The molecule has 0 radical (unpaired) electrons. The van der Waals surface area contributed by atoms with E-state index in [0.717, 1.165) is 5.52 Å². The molecule has 84 valence electrons. The Hall–Kier alpha value is -2.04. The Bertz CT molecular complexity index is 545. The first-order chi connectivity index (χ1) is 7.63. The molecule has 0 atom stereocenters. The van der Waals surface area contributed by atoms with Gasteiger partial charge in [-0.3, -0.25) is 4.79 Å². The van der Waals surface area contributed by atoms with Crippen molar-refractivity contribution in [1.29, 1.82) is 0 Å². The van der Waals surface area contributed by atoms with Crippen molar-refractivity contribution in [2.45, 2.75) is 6.42 Å². The van der Waals surface area contributed by atoms with E-state index in [9.17, 15) is 4.79 Å². The molecule has 16 heavy (non-hydrogen) atoms. The van der Waals surface area contributed by atoms with Crippen molar-refractivity contribution in [3.63, 3.8) is 0 Å². The first-order valence-corrected chi connectivity index (χ1v) is 4.83.